The predicted octanol–water partition coefficient (Wildman–Crippen LogP) is 2.06. The fourth-order valence-electron chi connectivity index (χ4n) is 1.43. The number of hydrogen-bond acceptors (Lipinski definition) is 2. The number of carbonyl (C=O) groups excluding carboxylic acids is 1. The van der Waals surface area contributed by atoms with E-state index in [2.05, 4.69) is 5.32 Å². The van der Waals surface area contributed by atoms with Gasteiger partial charge in [-0.1, -0.05) is 30.3 Å². The predicted molar refractivity (Wildman–Crippen MR) is 64.0 cm³/mol. The minimum absolute atomic E-state index is 0.325. The molecule has 0 spiro atoms. The molecule has 8 heteroatoms. The normalized spacial score (nSPS) is 12.6. The summed E-state index contributed by atoms with van der Waals surface area (Å²) in [5, 5.41) is 13.1. The van der Waals surface area contributed by atoms with Crippen LogP contribution in [0.2, 0.25) is 0 Å². The Bertz CT molecular complexity index is 463. The number of carboxylic acid groups (broad SMARTS) is 1. The molecule has 0 aliphatic rings. The average molecular weight is 290 g/mol. The van der Waals surface area contributed by atoms with E-state index in [-0.39, 0.29) is 0 Å². The van der Waals surface area contributed by atoms with E-state index in [1.165, 1.54) is 12.1 Å². The van der Waals surface area contributed by atoms with Crippen LogP contribution >= 0.6 is 0 Å². The second kappa shape index (κ2) is 6.78. The number of alkyl halides is 3. The number of nitrogens with one attached hydrogen (secondary N) is 2. The molecule has 0 bridgehead atoms. The van der Waals surface area contributed by atoms with E-state index in [1.807, 2.05) is 5.32 Å². The Balaban J connectivity index is 2.55. The van der Waals surface area contributed by atoms with Gasteiger partial charge in [0.15, 0.2) is 6.04 Å². The monoisotopic (exact) mass is 290 g/mol. The Morgan fingerprint density at radius 2 is 1.80 bits per heavy atom. The Morgan fingerprint density at radius 1 is 1.20 bits per heavy atom. The van der Waals surface area contributed by atoms with E-state index in [0.717, 1.165) is 0 Å². The number of aliphatic carboxylic acids is 1. The molecule has 1 aromatic rings. The van der Waals surface area contributed by atoms with Crippen LogP contribution in [0.25, 0.3) is 0 Å². The highest BCUT2D eigenvalue weighted by atomic mass is 19.4. The molecular formula is C12H13F3N2O3. The van der Waals surface area contributed by atoms with Crippen LogP contribution in [0.1, 0.15) is 18.0 Å². The van der Waals surface area contributed by atoms with Gasteiger partial charge in [-0.3, -0.25) is 0 Å². The SMILES string of the molecule is O=C(NCCC(F)(F)F)N[C@@H](C(=O)O)c1ccccc1. The topological polar surface area (TPSA) is 78.4 Å². The number of carboxylic acids is 1. The maximum Gasteiger partial charge on any atom is 0.390 e. The first-order chi connectivity index (χ1) is 9.29. The number of urea groups is 1. The number of hydrogen-bond donors (Lipinski definition) is 3. The minimum Gasteiger partial charge on any atom is -0.479 e. The van der Waals surface area contributed by atoms with Gasteiger partial charge in [0.2, 0.25) is 0 Å². The molecule has 0 aliphatic carbocycles. The van der Waals surface area contributed by atoms with Crippen molar-refractivity contribution in [3.05, 3.63) is 35.9 Å². The summed E-state index contributed by atoms with van der Waals surface area (Å²) in [4.78, 5) is 22.4. The van der Waals surface area contributed by atoms with Crippen molar-refractivity contribution in [2.45, 2.75) is 18.6 Å². The van der Waals surface area contributed by atoms with Gasteiger partial charge >= 0.3 is 18.2 Å². The molecular weight excluding hydrogens is 277 g/mol. The summed E-state index contributed by atoms with van der Waals surface area (Å²) in [6.45, 7) is -0.615. The Morgan fingerprint density at radius 3 is 2.30 bits per heavy atom. The van der Waals surface area contributed by atoms with Gasteiger partial charge in [0.25, 0.3) is 0 Å². The molecule has 0 saturated carbocycles. The highest BCUT2D eigenvalue weighted by Crippen LogP contribution is 2.18. The molecule has 0 heterocycles. The lowest BCUT2D eigenvalue weighted by molar-refractivity contribution is -0.139. The van der Waals surface area contributed by atoms with E-state index in [9.17, 15) is 22.8 Å². The van der Waals surface area contributed by atoms with Gasteiger partial charge < -0.3 is 15.7 Å². The molecule has 0 radical (unpaired) electrons. The summed E-state index contributed by atoms with van der Waals surface area (Å²) in [5.41, 5.74) is 0.325. The van der Waals surface area contributed by atoms with Gasteiger partial charge in [-0.15, -0.1) is 0 Å². The third kappa shape index (κ3) is 5.59. The molecule has 0 aromatic heterocycles. The summed E-state index contributed by atoms with van der Waals surface area (Å²) < 4.78 is 35.7. The van der Waals surface area contributed by atoms with Gasteiger partial charge in [-0.25, -0.2) is 9.59 Å². The first-order valence-electron chi connectivity index (χ1n) is 5.68. The molecule has 1 rings (SSSR count). The standard InChI is InChI=1S/C12H13F3N2O3/c13-12(14,15)6-7-16-11(20)17-9(10(18)19)8-4-2-1-3-5-8/h1-5,9H,6-7H2,(H,18,19)(H2,16,17,20)/t9-/m1/s1. The van der Waals surface area contributed by atoms with Crippen LogP contribution in [0.3, 0.4) is 0 Å². The first kappa shape index (κ1) is 15.8. The van der Waals surface area contributed by atoms with Crippen LogP contribution in [-0.2, 0) is 4.79 Å². The largest absolute Gasteiger partial charge is 0.479 e. The molecule has 1 atom stereocenters. The van der Waals surface area contributed by atoms with Crippen molar-refractivity contribution in [1.82, 2.24) is 10.6 Å². The van der Waals surface area contributed by atoms with Crippen LogP contribution < -0.4 is 10.6 Å². The zero-order valence-corrected chi connectivity index (χ0v) is 10.3. The van der Waals surface area contributed by atoms with E-state index in [4.69, 9.17) is 5.11 Å². The maximum atomic E-state index is 11.9. The molecule has 110 valence electrons. The summed E-state index contributed by atoms with van der Waals surface area (Å²) in [6, 6.07) is 5.56. The number of rotatable bonds is 5. The first-order valence-corrected chi connectivity index (χ1v) is 5.68. The quantitative estimate of drug-likeness (QED) is 0.776. The third-order valence-electron chi connectivity index (χ3n) is 2.35. The van der Waals surface area contributed by atoms with Crippen molar-refractivity contribution in [2.75, 3.05) is 6.54 Å². The maximum absolute atomic E-state index is 11.9. The Kier molecular flexibility index (Phi) is 5.36. The number of carbonyl (C=O) groups is 2. The van der Waals surface area contributed by atoms with Crippen molar-refractivity contribution >= 4 is 12.0 Å². The van der Waals surface area contributed by atoms with E-state index in [1.54, 1.807) is 18.2 Å². The van der Waals surface area contributed by atoms with Crippen LogP contribution in [0.5, 0.6) is 0 Å². The van der Waals surface area contributed by atoms with Crippen molar-refractivity contribution in [1.29, 1.82) is 0 Å². The van der Waals surface area contributed by atoms with Crippen molar-refractivity contribution in [3.63, 3.8) is 0 Å². The van der Waals surface area contributed by atoms with Gasteiger partial charge in [0.1, 0.15) is 0 Å². The minimum atomic E-state index is -4.38. The van der Waals surface area contributed by atoms with Crippen LogP contribution in [-0.4, -0.2) is 29.8 Å². The number of amides is 2. The molecule has 3 N–H and O–H groups in total. The highest BCUT2D eigenvalue weighted by Gasteiger charge is 2.27. The molecule has 5 nitrogen and oxygen atoms in total. The Labute approximate surface area is 112 Å². The van der Waals surface area contributed by atoms with Crippen LogP contribution in [0.15, 0.2) is 30.3 Å². The highest BCUT2D eigenvalue weighted by molar-refractivity contribution is 5.83. The fourth-order valence-corrected chi connectivity index (χ4v) is 1.43. The molecule has 0 unspecified atom stereocenters. The van der Waals surface area contributed by atoms with E-state index < -0.39 is 37.2 Å². The van der Waals surface area contributed by atoms with Crippen molar-refractivity contribution < 1.29 is 27.9 Å². The van der Waals surface area contributed by atoms with Gasteiger partial charge in [-0.05, 0) is 5.56 Å². The zero-order chi connectivity index (χ0) is 15.2. The summed E-state index contributed by atoms with van der Waals surface area (Å²) in [7, 11) is 0. The van der Waals surface area contributed by atoms with Crippen molar-refractivity contribution in [3.8, 4) is 0 Å². The fraction of sp³-hybridized carbons (Fsp3) is 0.333. The third-order valence-corrected chi connectivity index (χ3v) is 2.35. The lowest BCUT2D eigenvalue weighted by Gasteiger charge is -2.15. The van der Waals surface area contributed by atoms with Gasteiger partial charge in [-0.2, -0.15) is 13.2 Å². The molecule has 0 fully saturated rings. The van der Waals surface area contributed by atoms with Crippen molar-refractivity contribution in [2.24, 2.45) is 0 Å². The van der Waals surface area contributed by atoms with Crippen LogP contribution in [0.4, 0.5) is 18.0 Å². The molecule has 1 aromatic carbocycles. The Hall–Kier alpha value is -2.25. The van der Waals surface area contributed by atoms with Gasteiger partial charge in [0, 0.05) is 6.54 Å². The summed E-state index contributed by atoms with van der Waals surface area (Å²) in [6.07, 6.45) is -5.55. The molecule has 0 aliphatic heterocycles. The van der Waals surface area contributed by atoms with Gasteiger partial charge in [0.05, 0.1) is 6.42 Å². The molecule has 0 saturated heterocycles. The summed E-state index contributed by atoms with van der Waals surface area (Å²) in [5.74, 6) is -1.30. The lowest BCUT2D eigenvalue weighted by atomic mass is 10.1. The lowest BCUT2D eigenvalue weighted by Crippen LogP contribution is -2.41. The summed E-state index contributed by atoms with van der Waals surface area (Å²) >= 11 is 0. The second-order valence-electron chi connectivity index (χ2n) is 3.95. The van der Waals surface area contributed by atoms with E-state index in [0.29, 0.717) is 5.56 Å². The zero-order valence-electron chi connectivity index (χ0n) is 10.3. The second-order valence-corrected chi connectivity index (χ2v) is 3.95. The van der Waals surface area contributed by atoms with Crippen LogP contribution in [0, 0.1) is 0 Å². The number of benzene rings is 1. The average Bonchev–Trinajstić information content (AvgIpc) is 2.35. The molecule has 2 amide bonds. The smallest absolute Gasteiger partial charge is 0.390 e. The number of halogens is 3. The molecule has 20 heavy (non-hydrogen) atoms. The van der Waals surface area contributed by atoms with E-state index >= 15 is 0 Å².